The van der Waals surface area contributed by atoms with Crippen molar-refractivity contribution >= 4 is 0 Å². The van der Waals surface area contributed by atoms with Crippen molar-refractivity contribution in [3.05, 3.63) is 53.7 Å². The Bertz CT molecular complexity index is 562. The van der Waals surface area contributed by atoms with E-state index in [-0.39, 0.29) is 5.69 Å². The Balaban J connectivity index is 2.14. The van der Waals surface area contributed by atoms with Gasteiger partial charge in [-0.1, -0.05) is 24.3 Å². The van der Waals surface area contributed by atoms with Crippen LogP contribution >= 0.6 is 0 Å². The third-order valence-corrected chi connectivity index (χ3v) is 3.04. The van der Waals surface area contributed by atoms with Gasteiger partial charge in [-0.15, -0.1) is 0 Å². The zero-order chi connectivity index (χ0) is 11.8. The summed E-state index contributed by atoms with van der Waals surface area (Å²) >= 11 is 0. The van der Waals surface area contributed by atoms with Crippen LogP contribution in [0.25, 0.3) is 11.3 Å². The predicted molar refractivity (Wildman–Crippen MR) is 61.6 cm³/mol. The predicted octanol–water partition coefficient (Wildman–Crippen LogP) is 3.90. The first kappa shape index (κ1) is 10.4. The maximum atomic E-state index is 13.7. The van der Waals surface area contributed by atoms with E-state index in [0.29, 0.717) is 5.92 Å². The summed E-state index contributed by atoms with van der Waals surface area (Å²) in [4.78, 5) is 3.87. The maximum Gasteiger partial charge on any atom is 0.152 e. The minimum Gasteiger partial charge on any atom is -0.250 e. The summed E-state index contributed by atoms with van der Waals surface area (Å²) in [7, 11) is 0. The maximum absolute atomic E-state index is 13.7. The van der Waals surface area contributed by atoms with Gasteiger partial charge in [0.2, 0.25) is 0 Å². The molecule has 0 amide bonds. The molecule has 0 aliphatic heterocycles. The Labute approximate surface area is 98.1 Å². The average Bonchev–Trinajstić information content (AvgIpc) is 3.13. The summed E-state index contributed by atoms with van der Waals surface area (Å²) in [6.07, 6.45) is 3.34. The van der Waals surface area contributed by atoms with Crippen LogP contribution in [0.4, 0.5) is 8.78 Å². The van der Waals surface area contributed by atoms with Gasteiger partial charge >= 0.3 is 0 Å². The summed E-state index contributed by atoms with van der Waals surface area (Å²) < 4.78 is 26.5. The van der Waals surface area contributed by atoms with Crippen molar-refractivity contribution in [3.63, 3.8) is 0 Å². The molecule has 17 heavy (non-hydrogen) atoms. The van der Waals surface area contributed by atoms with Crippen molar-refractivity contribution in [3.8, 4) is 11.3 Å². The lowest BCUT2D eigenvalue weighted by Gasteiger charge is -2.08. The molecule has 0 saturated heterocycles. The van der Waals surface area contributed by atoms with E-state index in [2.05, 4.69) is 4.98 Å². The standard InChI is InChI=1S/C14H11F2N/c15-10-7-13(16)14(17-8-10)12-4-2-1-3-11(12)9-5-6-9/h1-4,7-9H,5-6H2. The van der Waals surface area contributed by atoms with E-state index in [1.54, 1.807) is 0 Å². The summed E-state index contributed by atoms with van der Waals surface area (Å²) in [5.74, 6) is -0.731. The lowest BCUT2D eigenvalue weighted by molar-refractivity contribution is 0.576. The molecule has 1 heterocycles. The van der Waals surface area contributed by atoms with E-state index >= 15 is 0 Å². The highest BCUT2D eigenvalue weighted by Crippen LogP contribution is 2.44. The normalized spacial score (nSPS) is 14.9. The zero-order valence-corrected chi connectivity index (χ0v) is 9.16. The molecule has 0 N–H and O–H groups in total. The van der Waals surface area contributed by atoms with Crippen molar-refractivity contribution in [1.29, 1.82) is 0 Å². The van der Waals surface area contributed by atoms with Crippen LogP contribution < -0.4 is 0 Å². The molecule has 0 unspecified atom stereocenters. The molecule has 1 fully saturated rings. The number of hydrogen-bond acceptors (Lipinski definition) is 1. The van der Waals surface area contributed by atoms with Crippen LogP contribution in [0.5, 0.6) is 0 Å². The molecule has 3 rings (SSSR count). The van der Waals surface area contributed by atoms with Gasteiger partial charge in [-0.3, -0.25) is 4.98 Å². The van der Waals surface area contributed by atoms with E-state index < -0.39 is 11.6 Å². The molecular formula is C14H11F2N. The zero-order valence-electron chi connectivity index (χ0n) is 9.16. The first-order valence-electron chi connectivity index (χ1n) is 5.66. The first-order valence-corrected chi connectivity index (χ1v) is 5.66. The highest BCUT2D eigenvalue weighted by molar-refractivity contribution is 5.65. The second-order valence-electron chi connectivity index (χ2n) is 4.35. The lowest BCUT2D eigenvalue weighted by atomic mass is 10.00. The molecule has 0 bridgehead atoms. The van der Waals surface area contributed by atoms with Crippen LogP contribution in [0.1, 0.15) is 24.3 Å². The highest BCUT2D eigenvalue weighted by atomic mass is 19.1. The van der Waals surface area contributed by atoms with Gasteiger partial charge in [0.05, 0.1) is 6.20 Å². The quantitative estimate of drug-likeness (QED) is 0.763. The first-order chi connectivity index (χ1) is 8.25. The van der Waals surface area contributed by atoms with Gasteiger partial charge in [-0.2, -0.15) is 0 Å². The molecule has 86 valence electrons. The topological polar surface area (TPSA) is 12.9 Å². The third kappa shape index (κ3) is 1.93. The van der Waals surface area contributed by atoms with Gasteiger partial charge in [0.1, 0.15) is 11.5 Å². The molecule has 1 aromatic heterocycles. The van der Waals surface area contributed by atoms with Crippen molar-refractivity contribution in [1.82, 2.24) is 4.98 Å². The summed E-state index contributed by atoms with van der Waals surface area (Å²) in [6.45, 7) is 0. The highest BCUT2D eigenvalue weighted by Gasteiger charge is 2.27. The second kappa shape index (κ2) is 3.91. The largest absolute Gasteiger partial charge is 0.250 e. The second-order valence-corrected chi connectivity index (χ2v) is 4.35. The average molecular weight is 231 g/mol. The van der Waals surface area contributed by atoms with Gasteiger partial charge in [0.15, 0.2) is 5.82 Å². The van der Waals surface area contributed by atoms with E-state index in [1.807, 2.05) is 24.3 Å². The van der Waals surface area contributed by atoms with Crippen LogP contribution in [0.15, 0.2) is 36.5 Å². The van der Waals surface area contributed by atoms with Gasteiger partial charge in [-0.05, 0) is 24.3 Å². The van der Waals surface area contributed by atoms with Gasteiger partial charge in [0, 0.05) is 11.6 Å². The molecule has 1 aliphatic rings. The van der Waals surface area contributed by atoms with Gasteiger partial charge in [0.25, 0.3) is 0 Å². The minimum atomic E-state index is -0.643. The number of halogens is 2. The number of hydrogen-bond donors (Lipinski definition) is 0. The number of pyridine rings is 1. The van der Waals surface area contributed by atoms with Crippen LogP contribution in [-0.4, -0.2) is 4.98 Å². The number of rotatable bonds is 2. The molecule has 3 heteroatoms. The Morgan fingerprint density at radius 1 is 1.12 bits per heavy atom. The molecule has 1 aliphatic carbocycles. The smallest absolute Gasteiger partial charge is 0.152 e. The molecule has 1 saturated carbocycles. The van der Waals surface area contributed by atoms with Crippen LogP contribution in [0, 0.1) is 11.6 Å². The summed E-state index contributed by atoms with van der Waals surface area (Å²) in [6, 6.07) is 8.52. The molecule has 0 spiro atoms. The Morgan fingerprint density at radius 3 is 2.59 bits per heavy atom. The van der Waals surface area contributed by atoms with Crippen LogP contribution in [0.2, 0.25) is 0 Å². The van der Waals surface area contributed by atoms with Crippen molar-refractivity contribution in [2.24, 2.45) is 0 Å². The van der Waals surface area contributed by atoms with E-state index in [1.165, 1.54) is 0 Å². The van der Waals surface area contributed by atoms with Crippen molar-refractivity contribution in [2.45, 2.75) is 18.8 Å². The van der Waals surface area contributed by atoms with Crippen LogP contribution in [-0.2, 0) is 0 Å². The third-order valence-electron chi connectivity index (χ3n) is 3.04. The van der Waals surface area contributed by atoms with Crippen molar-refractivity contribution in [2.75, 3.05) is 0 Å². The fourth-order valence-electron chi connectivity index (χ4n) is 2.08. The minimum absolute atomic E-state index is 0.244. The van der Waals surface area contributed by atoms with Gasteiger partial charge < -0.3 is 0 Å². The Kier molecular flexibility index (Phi) is 2.39. The SMILES string of the molecule is Fc1cnc(-c2ccccc2C2CC2)c(F)c1. The molecule has 0 atom stereocenters. The summed E-state index contributed by atoms with van der Waals surface area (Å²) in [5.41, 5.74) is 2.15. The number of benzene rings is 1. The van der Waals surface area contributed by atoms with E-state index in [9.17, 15) is 8.78 Å². The number of aromatic nitrogens is 1. The monoisotopic (exact) mass is 231 g/mol. The van der Waals surface area contributed by atoms with Crippen molar-refractivity contribution < 1.29 is 8.78 Å². The number of nitrogens with zero attached hydrogens (tertiary/aromatic N) is 1. The fraction of sp³-hybridized carbons (Fsp3) is 0.214. The molecular weight excluding hydrogens is 220 g/mol. The Hall–Kier alpha value is -1.77. The lowest BCUT2D eigenvalue weighted by Crippen LogP contribution is -1.94. The molecule has 1 nitrogen and oxygen atoms in total. The summed E-state index contributed by atoms with van der Waals surface area (Å²) in [5, 5.41) is 0. The van der Waals surface area contributed by atoms with E-state index in [4.69, 9.17) is 0 Å². The molecule has 2 aromatic rings. The fourth-order valence-corrected chi connectivity index (χ4v) is 2.08. The van der Waals surface area contributed by atoms with Crippen LogP contribution in [0.3, 0.4) is 0 Å². The Morgan fingerprint density at radius 2 is 1.88 bits per heavy atom. The molecule has 1 aromatic carbocycles. The molecule has 0 radical (unpaired) electrons. The van der Waals surface area contributed by atoms with Gasteiger partial charge in [-0.25, -0.2) is 8.78 Å². The van der Waals surface area contributed by atoms with E-state index in [0.717, 1.165) is 36.2 Å².